The van der Waals surface area contributed by atoms with Crippen LogP contribution in [0.2, 0.25) is 0 Å². The molecule has 0 amide bonds. The molecule has 2 heterocycles. The Morgan fingerprint density at radius 1 is 1.33 bits per heavy atom. The van der Waals surface area contributed by atoms with E-state index in [0.717, 1.165) is 11.4 Å². The van der Waals surface area contributed by atoms with E-state index in [4.69, 9.17) is 0 Å². The fourth-order valence-corrected chi connectivity index (χ4v) is 1.75. The van der Waals surface area contributed by atoms with E-state index < -0.39 is 0 Å². The van der Waals surface area contributed by atoms with Gasteiger partial charge in [-0.15, -0.1) is 5.10 Å². The van der Waals surface area contributed by atoms with Crippen LogP contribution >= 0.6 is 0 Å². The summed E-state index contributed by atoms with van der Waals surface area (Å²) in [6, 6.07) is 1.78. The van der Waals surface area contributed by atoms with E-state index in [9.17, 15) is 4.79 Å². The van der Waals surface area contributed by atoms with Crippen molar-refractivity contribution in [2.24, 2.45) is 7.05 Å². The summed E-state index contributed by atoms with van der Waals surface area (Å²) >= 11 is 0. The molecule has 6 nitrogen and oxygen atoms in total. The number of aromatic nitrogens is 5. The normalized spacial score (nSPS) is 10.6. The van der Waals surface area contributed by atoms with Gasteiger partial charge in [0.2, 0.25) is 0 Å². The molecule has 0 aromatic carbocycles. The summed E-state index contributed by atoms with van der Waals surface area (Å²) in [6.45, 7) is 3.78. The van der Waals surface area contributed by atoms with Gasteiger partial charge in [0.15, 0.2) is 5.78 Å². The van der Waals surface area contributed by atoms with E-state index in [2.05, 4.69) is 20.5 Å². The number of ketones is 1. The molecule has 0 saturated heterocycles. The number of nitrogens with zero attached hydrogens (tertiary/aromatic N) is 5. The fourth-order valence-electron chi connectivity index (χ4n) is 1.75. The average Bonchev–Trinajstić information content (AvgIpc) is 2.74. The Hall–Kier alpha value is -2.11. The molecular weight excluding hydrogens is 230 g/mol. The van der Waals surface area contributed by atoms with Crippen molar-refractivity contribution in [2.75, 3.05) is 0 Å². The Kier molecular flexibility index (Phi) is 3.45. The zero-order valence-electron chi connectivity index (χ0n) is 10.7. The monoisotopic (exact) mass is 245 g/mol. The first kappa shape index (κ1) is 12.3. The van der Waals surface area contributed by atoms with Crippen LogP contribution < -0.4 is 0 Å². The number of carbonyl (C=O) groups is 1. The Balaban J connectivity index is 2.25. The standard InChI is InChI=1S/C12H15N5O/c1-4-11-10(5-8(2)13-15-11)12(18)6-9-7-17(3)16-14-9/h5,7H,4,6H2,1-3H3. The van der Waals surface area contributed by atoms with E-state index >= 15 is 0 Å². The maximum absolute atomic E-state index is 12.2. The second-order valence-electron chi connectivity index (χ2n) is 4.18. The largest absolute Gasteiger partial charge is 0.294 e. The maximum atomic E-state index is 12.2. The summed E-state index contributed by atoms with van der Waals surface area (Å²) in [6.07, 6.45) is 2.67. The predicted octanol–water partition coefficient (Wildman–Crippen LogP) is 0.901. The molecule has 0 unspecified atom stereocenters. The third-order valence-electron chi connectivity index (χ3n) is 2.62. The van der Waals surface area contributed by atoms with Gasteiger partial charge in [-0.1, -0.05) is 12.1 Å². The van der Waals surface area contributed by atoms with E-state index in [1.807, 2.05) is 13.8 Å². The molecule has 0 aliphatic carbocycles. The molecule has 2 aromatic rings. The number of Topliss-reactive ketones (excluding diaryl/α,β-unsaturated/α-hetero) is 1. The lowest BCUT2D eigenvalue weighted by Crippen LogP contribution is -2.10. The van der Waals surface area contributed by atoms with Crippen molar-refractivity contribution in [1.29, 1.82) is 0 Å². The summed E-state index contributed by atoms with van der Waals surface area (Å²) in [4.78, 5) is 12.2. The Morgan fingerprint density at radius 2 is 2.11 bits per heavy atom. The van der Waals surface area contributed by atoms with Gasteiger partial charge in [0.05, 0.1) is 23.5 Å². The first-order chi connectivity index (χ1) is 8.60. The van der Waals surface area contributed by atoms with E-state index in [0.29, 0.717) is 17.7 Å². The maximum Gasteiger partial charge on any atom is 0.170 e. The molecule has 0 N–H and O–H groups in total. The van der Waals surface area contributed by atoms with Crippen LogP contribution in [-0.4, -0.2) is 31.0 Å². The van der Waals surface area contributed by atoms with Crippen molar-refractivity contribution < 1.29 is 4.79 Å². The minimum Gasteiger partial charge on any atom is -0.294 e. The van der Waals surface area contributed by atoms with Gasteiger partial charge in [0, 0.05) is 18.8 Å². The minimum absolute atomic E-state index is 0.00495. The first-order valence-corrected chi connectivity index (χ1v) is 5.81. The highest BCUT2D eigenvalue weighted by molar-refractivity contribution is 5.98. The van der Waals surface area contributed by atoms with Gasteiger partial charge in [-0.3, -0.25) is 9.48 Å². The van der Waals surface area contributed by atoms with Gasteiger partial charge in [0.25, 0.3) is 0 Å². The molecule has 0 aliphatic heterocycles. The molecule has 0 atom stereocenters. The van der Waals surface area contributed by atoms with Crippen molar-refractivity contribution in [2.45, 2.75) is 26.7 Å². The molecule has 0 spiro atoms. The lowest BCUT2D eigenvalue weighted by atomic mass is 10.0. The molecule has 0 fully saturated rings. The topological polar surface area (TPSA) is 73.6 Å². The second kappa shape index (κ2) is 5.03. The van der Waals surface area contributed by atoms with Crippen LogP contribution in [0.25, 0.3) is 0 Å². The number of rotatable bonds is 4. The highest BCUT2D eigenvalue weighted by atomic mass is 16.1. The van der Waals surface area contributed by atoms with Crippen LogP contribution in [0.5, 0.6) is 0 Å². The van der Waals surface area contributed by atoms with Gasteiger partial charge in [-0.05, 0) is 19.4 Å². The van der Waals surface area contributed by atoms with Crippen molar-refractivity contribution in [3.63, 3.8) is 0 Å². The first-order valence-electron chi connectivity index (χ1n) is 5.81. The molecule has 0 aliphatic rings. The summed E-state index contributed by atoms with van der Waals surface area (Å²) in [5.74, 6) is 0.00495. The van der Waals surface area contributed by atoms with Gasteiger partial charge >= 0.3 is 0 Å². The molecule has 0 radical (unpaired) electrons. The van der Waals surface area contributed by atoms with Crippen LogP contribution in [0.15, 0.2) is 12.3 Å². The predicted molar refractivity (Wildman–Crippen MR) is 65.2 cm³/mol. The molecule has 94 valence electrons. The number of hydrogen-bond donors (Lipinski definition) is 0. The van der Waals surface area contributed by atoms with E-state index in [-0.39, 0.29) is 12.2 Å². The molecule has 2 rings (SSSR count). The number of aryl methyl sites for hydroxylation is 3. The van der Waals surface area contributed by atoms with Gasteiger partial charge in [0.1, 0.15) is 0 Å². The fraction of sp³-hybridized carbons (Fsp3) is 0.417. The quantitative estimate of drug-likeness (QED) is 0.748. The number of carbonyl (C=O) groups excluding carboxylic acids is 1. The third kappa shape index (κ3) is 2.58. The molecule has 2 aromatic heterocycles. The van der Waals surface area contributed by atoms with Crippen LogP contribution in [0, 0.1) is 6.92 Å². The highest BCUT2D eigenvalue weighted by Gasteiger charge is 2.14. The van der Waals surface area contributed by atoms with E-state index in [1.54, 1.807) is 24.0 Å². The molecule has 0 saturated carbocycles. The smallest absolute Gasteiger partial charge is 0.170 e. The second-order valence-corrected chi connectivity index (χ2v) is 4.18. The highest BCUT2D eigenvalue weighted by Crippen LogP contribution is 2.11. The van der Waals surface area contributed by atoms with Gasteiger partial charge < -0.3 is 0 Å². The molecule has 6 heteroatoms. The van der Waals surface area contributed by atoms with Crippen LogP contribution in [0.1, 0.15) is 34.4 Å². The third-order valence-corrected chi connectivity index (χ3v) is 2.62. The number of hydrogen-bond acceptors (Lipinski definition) is 5. The van der Waals surface area contributed by atoms with Gasteiger partial charge in [-0.2, -0.15) is 10.2 Å². The van der Waals surface area contributed by atoms with Gasteiger partial charge in [-0.25, -0.2) is 0 Å². The van der Waals surface area contributed by atoms with Crippen molar-refractivity contribution in [1.82, 2.24) is 25.2 Å². The summed E-state index contributed by atoms with van der Waals surface area (Å²) in [7, 11) is 1.77. The lowest BCUT2D eigenvalue weighted by molar-refractivity contribution is 0.0990. The van der Waals surface area contributed by atoms with Crippen LogP contribution in [-0.2, 0) is 19.9 Å². The summed E-state index contributed by atoms with van der Waals surface area (Å²) in [5, 5.41) is 15.7. The van der Waals surface area contributed by atoms with Crippen molar-refractivity contribution >= 4 is 5.78 Å². The average molecular weight is 245 g/mol. The molecular formula is C12H15N5O. The Morgan fingerprint density at radius 3 is 2.72 bits per heavy atom. The SMILES string of the molecule is CCc1nnc(C)cc1C(=O)Cc1cn(C)nn1. The zero-order valence-corrected chi connectivity index (χ0v) is 10.7. The lowest BCUT2D eigenvalue weighted by Gasteiger charge is -2.04. The van der Waals surface area contributed by atoms with Crippen molar-refractivity contribution in [3.8, 4) is 0 Å². The minimum atomic E-state index is 0.00495. The molecule has 0 bridgehead atoms. The van der Waals surface area contributed by atoms with E-state index in [1.165, 1.54) is 0 Å². The van der Waals surface area contributed by atoms with Crippen molar-refractivity contribution in [3.05, 3.63) is 34.9 Å². The van der Waals surface area contributed by atoms with Crippen LogP contribution in [0.4, 0.5) is 0 Å². The summed E-state index contributed by atoms with van der Waals surface area (Å²) in [5.41, 5.74) is 2.78. The molecule has 18 heavy (non-hydrogen) atoms. The Labute approximate surface area is 105 Å². The van der Waals surface area contributed by atoms with Crippen LogP contribution in [0.3, 0.4) is 0 Å². The summed E-state index contributed by atoms with van der Waals surface area (Å²) < 4.78 is 1.58. The zero-order chi connectivity index (χ0) is 13.1. The Bertz CT molecular complexity index is 576.